The highest BCUT2D eigenvalue weighted by Gasteiger charge is 2.15. The molecule has 1 N–H and O–H groups in total. The molecule has 1 fully saturated rings. The molecule has 1 aromatic carbocycles. The van der Waals surface area contributed by atoms with Crippen LogP contribution in [-0.2, 0) is 0 Å². The number of anilines is 1. The summed E-state index contributed by atoms with van der Waals surface area (Å²) >= 11 is 0. The summed E-state index contributed by atoms with van der Waals surface area (Å²) in [7, 11) is 0. The molecular weight excluding hydrogens is 203 g/mol. The van der Waals surface area contributed by atoms with Crippen LogP contribution >= 0.6 is 0 Å². The van der Waals surface area contributed by atoms with Crippen LogP contribution in [0.3, 0.4) is 0 Å². The van der Waals surface area contributed by atoms with E-state index < -0.39 is 0 Å². The minimum absolute atomic E-state index is 0.108. The molecule has 1 unspecified atom stereocenters. The SMILES string of the molecule is CC1CNCCCN(c2ccccc2F)C1. The van der Waals surface area contributed by atoms with E-state index in [1.165, 1.54) is 6.07 Å². The predicted octanol–water partition coefficient (Wildman–Crippen LogP) is 2.26. The molecule has 3 heteroatoms. The fraction of sp³-hybridized carbons (Fsp3) is 0.538. The van der Waals surface area contributed by atoms with E-state index in [1.807, 2.05) is 12.1 Å². The zero-order chi connectivity index (χ0) is 11.4. The highest BCUT2D eigenvalue weighted by atomic mass is 19.1. The molecule has 1 atom stereocenters. The zero-order valence-corrected chi connectivity index (χ0v) is 9.75. The van der Waals surface area contributed by atoms with Crippen LogP contribution in [0, 0.1) is 11.7 Å². The first-order valence-corrected chi connectivity index (χ1v) is 5.97. The molecular formula is C13H19FN2. The van der Waals surface area contributed by atoms with Crippen molar-refractivity contribution in [3.05, 3.63) is 30.1 Å². The Morgan fingerprint density at radius 3 is 3.00 bits per heavy atom. The van der Waals surface area contributed by atoms with E-state index >= 15 is 0 Å². The van der Waals surface area contributed by atoms with Crippen molar-refractivity contribution in [2.45, 2.75) is 13.3 Å². The van der Waals surface area contributed by atoms with E-state index in [0.29, 0.717) is 5.92 Å². The maximum Gasteiger partial charge on any atom is 0.146 e. The molecule has 1 aromatic rings. The number of hydrogen-bond donors (Lipinski definition) is 1. The van der Waals surface area contributed by atoms with Gasteiger partial charge in [-0.3, -0.25) is 0 Å². The van der Waals surface area contributed by atoms with Gasteiger partial charge in [0.1, 0.15) is 5.82 Å². The van der Waals surface area contributed by atoms with Crippen molar-refractivity contribution in [3.63, 3.8) is 0 Å². The average Bonchev–Trinajstić information content (AvgIpc) is 2.24. The van der Waals surface area contributed by atoms with Crippen molar-refractivity contribution in [2.24, 2.45) is 5.92 Å². The number of rotatable bonds is 1. The average molecular weight is 222 g/mol. The standard InChI is InChI=1S/C13H19FN2/c1-11-9-15-7-4-8-16(10-11)13-6-3-2-5-12(13)14/h2-3,5-6,11,15H,4,7-10H2,1H3. The van der Waals surface area contributed by atoms with Gasteiger partial charge in [-0.15, -0.1) is 0 Å². The lowest BCUT2D eigenvalue weighted by atomic mass is 10.1. The quantitative estimate of drug-likeness (QED) is 0.784. The number of nitrogens with zero attached hydrogens (tertiary/aromatic N) is 1. The van der Waals surface area contributed by atoms with Crippen molar-refractivity contribution in [3.8, 4) is 0 Å². The van der Waals surface area contributed by atoms with Crippen molar-refractivity contribution in [1.82, 2.24) is 5.32 Å². The van der Waals surface area contributed by atoms with Gasteiger partial charge in [-0.1, -0.05) is 19.1 Å². The molecule has 0 spiro atoms. The smallest absolute Gasteiger partial charge is 0.146 e. The lowest BCUT2D eigenvalue weighted by molar-refractivity contribution is 0.464. The largest absolute Gasteiger partial charge is 0.369 e. The molecule has 16 heavy (non-hydrogen) atoms. The Balaban J connectivity index is 2.14. The normalized spacial score (nSPS) is 22.6. The van der Waals surface area contributed by atoms with E-state index in [2.05, 4.69) is 17.1 Å². The second kappa shape index (κ2) is 5.30. The van der Waals surface area contributed by atoms with Gasteiger partial charge in [0.25, 0.3) is 0 Å². The van der Waals surface area contributed by atoms with Crippen molar-refractivity contribution >= 4 is 5.69 Å². The molecule has 0 aliphatic carbocycles. The Morgan fingerprint density at radius 2 is 2.19 bits per heavy atom. The van der Waals surface area contributed by atoms with Gasteiger partial charge < -0.3 is 10.2 Å². The van der Waals surface area contributed by atoms with E-state index in [1.54, 1.807) is 6.07 Å². The fourth-order valence-electron chi connectivity index (χ4n) is 2.20. The first kappa shape index (κ1) is 11.4. The summed E-state index contributed by atoms with van der Waals surface area (Å²) in [5, 5.41) is 3.40. The Morgan fingerprint density at radius 1 is 1.38 bits per heavy atom. The highest BCUT2D eigenvalue weighted by molar-refractivity contribution is 5.47. The van der Waals surface area contributed by atoms with Gasteiger partial charge in [0.2, 0.25) is 0 Å². The van der Waals surface area contributed by atoms with E-state index in [9.17, 15) is 4.39 Å². The van der Waals surface area contributed by atoms with Crippen molar-refractivity contribution in [1.29, 1.82) is 0 Å². The van der Waals surface area contributed by atoms with Crippen LogP contribution in [0.25, 0.3) is 0 Å². The number of benzene rings is 1. The molecule has 0 aromatic heterocycles. The van der Waals surface area contributed by atoms with Gasteiger partial charge in [0.15, 0.2) is 0 Å². The molecule has 0 saturated carbocycles. The van der Waals surface area contributed by atoms with Crippen LogP contribution in [0.1, 0.15) is 13.3 Å². The van der Waals surface area contributed by atoms with E-state index in [0.717, 1.165) is 38.3 Å². The second-order valence-electron chi connectivity index (χ2n) is 4.56. The fourth-order valence-corrected chi connectivity index (χ4v) is 2.20. The first-order chi connectivity index (χ1) is 7.77. The Hall–Kier alpha value is -1.09. The monoisotopic (exact) mass is 222 g/mol. The minimum atomic E-state index is -0.108. The molecule has 2 nitrogen and oxygen atoms in total. The lowest BCUT2D eigenvalue weighted by Gasteiger charge is -2.30. The molecule has 0 bridgehead atoms. The zero-order valence-electron chi connectivity index (χ0n) is 9.75. The van der Waals surface area contributed by atoms with Gasteiger partial charge >= 0.3 is 0 Å². The summed E-state index contributed by atoms with van der Waals surface area (Å²) in [4.78, 5) is 2.17. The first-order valence-electron chi connectivity index (χ1n) is 5.97. The predicted molar refractivity (Wildman–Crippen MR) is 65.3 cm³/mol. The number of halogens is 1. The summed E-state index contributed by atoms with van der Waals surface area (Å²) in [6.45, 7) is 6.10. The van der Waals surface area contributed by atoms with Crippen molar-refractivity contribution < 1.29 is 4.39 Å². The Bertz CT molecular complexity index is 340. The van der Waals surface area contributed by atoms with Crippen LogP contribution in [-0.4, -0.2) is 26.2 Å². The molecule has 1 aliphatic rings. The summed E-state index contributed by atoms with van der Waals surface area (Å²) in [6, 6.07) is 7.06. The van der Waals surface area contributed by atoms with Crippen LogP contribution in [0.15, 0.2) is 24.3 Å². The molecule has 88 valence electrons. The van der Waals surface area contributed by atoms with E-state index in [4.69, 9.17) is 0 Å². The van der Waals surface area contributed by atoms with Gasteiger partial charge in [-0.05, 0) is 37.6 Å². The second-order valence-corrected chi connectivity index (χ2v) is 4.56. The maximum absolute atomic E-state index is 13.7. The number of nitrogens with one attached hydrogen (secondary N) is 1. The lowest BCUT2D eigenvalue weighted by Crippen LogP contribution is -2.39. The third-order valence-electron chi connectivity index (χ3n) is 3.00. The van der Waals surface area contributed by atoms with Crippen LogP contribution < -0.4 is 10.2 Å². The van der Waals surface area contributed by atoms with Gasteiger partial charge in [-0.25, -0.2) is 4.39 Å². The third-order valence-corrected chi connectivity index (χ3v) is 3.00. The maximum atomic E-state index is 13.7. The topological polar surface area (TPSA) is 15.3 Å². The third kappa shape index (κ3) is 2.73. The Kier molecular flexibility index (Phi) is 3.78. The summed E-state index contributed by atoms with van der Waals surface area (Å²) in [5.41, 5.74) is 0.747. The molecule has 0 radical (unpaired) electrons. The minimum Gasteiger partial charge on any atom is -0.369 e. The van der Waals surface area contributed by atoms with Crippen LogP contribution in [0.2, 0.25) is 0 Å². The Labute approximate surface area is 96.5 Å². The molecule has 2 rings (SSSR count). The van der Waals surface area contributed by atoms with Gasteiger partial charge in [0.05, 0.1) is 5.69 Å². The number of para-hydroxylation sites is 1. The molecule has 1 saturated heterocycles. The van der Waals surface area contributed by atoms with Crippen LogP contribution in [0.4, 0.5) is 10.1 Å². The van der Waals surface area contributed by atoms with Crippen LogP contribution in [0.5, 0.6) is 0 Å². The van der Waals surface area contributed by atoms with Gasteiger partial charge in [-0.2, -0.15) is 0 Å². The number of hydrogen-bond acceptors (Lipinski definition) is 2. The van der Waals surface area contributed by atoms with Gasteiger partial charge in [0, 0.05) is 13.1 Å². The van der Waals surface area contributed by atoms with E-state index in [-0.39, 0.29) is 5.82 Å². The summed E-state index contributed by atoms with van der Waals surface area (Å²) in [5.74, 6) is 0.447. The summed E-state index contributed by atoms with van der Waals surface area (Å²) < 4.78 is 13.7. The molecule has 0 amide bonds. The molecule has 1 heterocycles. The van der Waals surface area contributed by atoms with Crippen molar-refractivity contribution in [2.75, 3.05) is 31.1 Å². The summed E-state index contributed by atoms with van der Waals surface area (Å²) in [6.07, 6.45) is 1.07. The highest BCUT2D eigenvalue weighted by Crippen LogP contribution is 2.20. The molecule has 1 aliphatic heterocycles.